The van der Waals surface area contributed by atoms with E-state index in [2.05, 4.69) is 33.9 Å². The summed E-state index contributed by atoms with van der Waals surface area (Å²) in [7, 11) is 0. The highest BCUT2D eigenvalue weighted by Gasteiger charge is 2.24. The van der Waals surface area contributed by atoms with E-state index in [1.54, 1.807) is 12.3 Å². The SMILES string of the molecule is CC1(C)CCN(c2nccc(/C(N)=N/O)n2)CCS1. The molecule has 1 fully saturated rings. The number of aromatic nitrogens is 2. The molecule has 0 saturated carbocycles. The van der Waals surface area contributed by atoms with Gasteiger partial charge in [0.1, 0.15) is 5.69 Å². The van der Waals surface area contributed by atoms with Crippen LogP contribution in [0.5, 0.6) is 0 Å². The van der Waals surface area contributed by atoms with E-state index in [4.69, 9.17) is 10.9 Å². The number of nitrogens with zero attached hydrogens (tertiary/aromatic N) is 4. The van der Waals surface area contributed by atoms with E-state index in [0.717, 1.165) is 25.3 Å². The van der Waals surface area contributed by atoms with Crippen LogP contribution in [-0.4, -0.2) is 44.6 Å². The Morgan fingerprint density at radius 1 is 1.53 bits per heavy atom. The average molecular weight is 281 g/mol. The fraction of sp³-hybridized carbons (Fsp3) is 0.583. The van der Waals surface area contributed by atoms with Crippen molar-refractivity contribution in [3.05, 3.63) is 18.0 Å². The van der Waals surface area contributed by atoms with Gasteiger partial charge in [0, 0.05) is 29.8 Å². The second-order valence-corrected chi connectivity index (χ2v) is 6.87. The van der Waals surface area contributed by atoms with Crippen LogP contribution in [-0.2, 0) is 0 Å². The minimum absolute atomic E-state index is 0.00757. The lowest BCUT2D eigenvalue weighted by Crippen LogP contribution is -2.29. The van der Waals surface area contributed by atoms with Gasteiger partial charge in [-0.15, -0.1) is 0 Å². The molecular formula is C12H19N5OS. The summed E-state index contributed by atoms with van der Waals surface area (Å²) >= 11 is 1.97. The molecule has 6 nitrogen and oxygen atoms in total. The van der Waals surface area contributed by atoms with Gasteiger partial charge in [-0.1, -0.05) is 19.0 Å². The minimum atomic E-state index is 0.00757. The third-order valence-electron chi connectivity index (χ3n) is 3.13. The van der Waals surface area contributed by atoms with Crippen molar-refractivity contribution in [1.82, 2.24) is 9.97 Å². The Labute approximate surface area is 117 Å². The van der Waals surface area contributed by atoms with Crippen molar-refractivity contribution >= 4 is 23.5 Å². The van der Waals surface area contributed by atoms with Crippen LogP contribution in [0.4, 0.5) is 5.95 Å². The van der Waals surface area contributed by atoms with Crippen LogP contribution in [0.3, 0.4) is 0 Å². The number of amidine groups is 1. The van der Waals surface area contributed by atoms with E-state index in [1.807, 2.05) is 11.8 Å². The lowest BCUT2D eigenvalue weighted by Gasteiger charge is -2.22. The summed E-state index contributed by atoms with van der Waals surface area (Å²) in [5, 5.41) is 11.7. The molecule has 1 aliphatic heterocycles. The molecule has 1 saturated heterocycles. The third kappa shape index (κ3) is 3.50. The van der Waals surface area contributed by atoms with Gasteiger partial charge in [0.05, 0.1) is 0 Å². The topological polar surface area (TPSA) is 87.6 Å². The van der Waals surface area contributed by atoms with E-state index in [9.17, 15) is 0 Å². The average Bonchev–Trinajstić information content (AvgIpc) is 2.59. The molecule has 2 heterocycles. The molecule has 1 aliphatic rings. The molecule has 19 heavy (non-hydrogen) atoms. The summed E-state index contributed by atoms with van der Waals surface area (Å²) in [6.07, 6.45) is 2.72. The molecule has 0 bridgehead atoms. The summed E-state index contributed by atoms with van der Waals surface area (Å²) in [5.74, 6) is 1.69. The van der Waals surface area contributed by atoms with E-state index in [-0.39, 0.29) is 10.6 Å². The van der Waals surface area contributed by atoms with Gasteiger partial charge < -0.3 is 15.8 Å². The molecule has 104 valence electrons. The van der Waals surface area contributed by atoms with E-state index < -0.39 is 0 Å². The van der Waals surface area contributed by atoms with Gasteiger partial charge in [-0.05, 0) is 12.5 Å². The summed E-state index contributed by atoms with van der Waals surface area (Å²) in [6.45, 7) is 6.34. The van der Waals surface area contributed by atoms with Crippen molar-refractivity contribution in [3.63, 3.8) is 0 Å². The van der Waals surface area contributed by atoms with Crippen molar-refractivity contribution in [2.75, 3.05) is 23.7 Å². The molecule has 0 aliphatic carbocycles. The molecule has 2 rings (SSSR count). The van der Waals surface area contributed by atoms with Gasteiger partial charge >= 0.3 is 0 Å². The summed E-state index contributed by atoms with van der Waals surface area (Å²) in [5.41, 5.74) is 6.00. The van der Waals surface area contributed by atoms with Gasteiger partial charge in [-0.2, -0.15) is 11.8 Å². The Morgan fingerprint density at radius 3 is 3.05 bits per heavy atom. The molecule has 0 atom stereocenters. The van der Waals surface area contributed by atoms with Crippen LogP contribution in [0.2, 0.25) is 0 Å². The maximum absolute atomic E-state index is 8.69. The molecule has 1 aromatic rings. The highest BCUT2D eigenvalue weighted by atomic mass is 32.2. The molecule has 0 aromatic carbocycles. The zero-order valence-electron chi connectivity index (χ0n) is 11.2. The first-order valence-electron chi connectivity index (χ1n) is 6.22. The summed E-state index contributed by atoms with van der Waals surface area (Å²) < 4.78 is 0.290. The van der Waals surface area contributed by atoms with Crippen LogP contribution in [0.15, 0.2) is 17.4 Å². The number of thioether (sulfide) groups is 1. The van der Waals surface area contributed by atoms with Crippen molar-refractivity contribution in [2.45, 2.75) is 25.0 Å². The first-order valence-corrected chi connectivity index (χ1v) is 7.20. The lowest BCUT2D eigenvalue weighted by molar-refractivity contribution is 0.318. The van der Waals surface area contributed by atoms with Gasteiger partial charge in [-0.3, -0.25) is 0 Å². The number of anilines is 1. The molecule has 0 amide bonds. The number of hydrogen-bond acceptors (Lipinski definition) is 6. The molecule has 1 aromatic heterocycles. The minimum Gasteiger partial charge on any atom is -0.409 e. The van der Waals surface area contributed by atoms with Crippen LogP contribution in [0, 0.1) is 0 Å². The maximum Gasteiger partial charge on any atom is 0.225 e. The molecule has 0 radical (unpaired) electrons. The van der Waals surface area contributed by atoms with Gasteiger partial charge in [0.15, 0.2) is 5.84 Å². The second kappa shape index (κ2) is 5.64. The zero-order valence-corrected chi connectivity index (χ0v) is 12.0. The Kier molecular flexibility index (Phi) is 4.14. The number of oxime groups is 1. The summed E-state index contributed by atoms with van der Waals surface area (Å²) in [4.78, 5) is 10.8. The standard InChI is InChI=1S/C12H19N5OS/c1-12(2)4-6-17(7-8-19-12)11-14-5-3-9(15-11)10(13)16-18/h3,5,18H,4,6-8H2,1-2H3,(H2,13,16). The Balaban J connectivity index is 2.18. The normalized spacial score (nSPS) is 20.1. The van der Waals surface area contributed by atoms with E-state index >= 15 is 0 Å². The largest absolute Gasteiger partial charge is 0.409 e. The molecule has 7 heteroatoms. The van der Waals surface area contributed by atoms with Crippen molar-refractivity contribution < 1.29 is 5.21 Å². The zero-order chi connectivity index (χ0) is 13.9. The van der Waals surface area contributed by atoms with Crippen molar-refractivity contribution in [2.24, 2.45) is 10.9 Å². The lowest BCUT2D eigenvalue weighted by atomic mass is 10.1. The predicted octanol–water partition coefficient (Wildman–Crippen LogP) is 1.29. The fourth-order valence-corrected chi connectivity index (χ4v) is 3.01. The smallest absolute Gasteiger partial charge is 0.225 e. The first-order chi connectivity index (χ1) is 9.02. The highest BCUT2D eigenvalue weighted by Crippen LogP contribution is 2.31. The summed E-state index contributed by atoms with van der Waals surface area (Å²) in [6, 6.07) is 1.63. The van der Waals surface area contributed by atoms with Gasteiger partial charge in [0.25, 0.3) is 0 Å². The van der Waals surface area contributed by atoms with Crippen LogP contribution in [0.25, 0.3) is 0 Å². The number of nitrogens with two attached hydrogens (primary N) is 1. The fourth-order valence-electron chi connectivity index (χ4n) is 1.91. The van der Waals surface area contributed by atoms with Crippen LogP contribution >= 0.6 is 11.8 Å². The third-order valence-corrected chi connectivity index (χ3v) is 4.51. The first kappa shape index (κ1) is 13.9. The van der Waals surface area contributed by atoms with Crippen molar-refractivity contribution in [1.29, 1.82) is 0 Å². The van der Waals surface area contributed by atoms with Crippen LogP contribution < -0.4 is 10.6 Å². The monoisotopic (exact) mass is 281 g/mol. The molecule has 0 spiro atoms. The van der Waals surface area contributed by atoms with Crippen LogP contribution in [0.1, 0.15) is 26.0 Å². The van der Waals surface area contributed by atoms with Gasteiger partial charge in [-0.25, -0.2) is 9.97 Å². The Hall–Kier alpha value is -1.50. The van der Waals surface area contributed by atoms with E-state index in [0.29, 0.717) is 11.6 Å². The molecule has 0 unspecified atom stereocenters. The second-order valence-electron chi connectivity index (χ2n) is 5.07. The number of rotatable bonds is 2. The Morgan fingerprint density at radius 2 is 2.32 bits per heavy atom. The quantitative estimate of drug-likeness (QED) is 0.367. The maximum atomic E-state index is 8.69. The molecule has 3 N–H and O–H groups in total. The Bertz CT molecular complexity index is 477. The van der Waals surface area contributed by atoms with Gasteiger partial charge in [0.2, 0.25) is 5.95 Å². The predicted molar refractivity (Wildman–Crippen MR) is 77.9 cm³/mol. The number of hydrogen-bond donors (Lipinski definition) is 2. The molecular weight excluding hydrogens is 262 g/mol. The highest BCUT2D eigenvalue weighted by molar-refractivity contribution is 8.00. The van der Waals surface area contributed by atoms with E-state index in [1.165, 1.54) is 0 Å². The van der Waals surface area contributed by atoms with Crippen molar-refractivity contribution in [3.8, 4) is 0 Å².